The van der Waals surface area contributed by atoms with Gasteiger partial charge in [0.1, 0.15) is 6.61 Å². The summed E-state index contributed by atoms with van der Waals surface area (Å²) < 4.78 is 16.0. The molecular weight excluding hydrogens is 246 g/mol. The lowest BCUT2D eigenvalue weighted by Crippen LogP contribution is -2.40. The molecule has 19 heavy (non-hydrogen) atoms. The molecule has 1 aromatic carbocycles. The van der Waals surface area contributed by atoms with Crippen molar-refractivity contribution in [1.82, 2.24) is 5.32 Å². The van der Waals surface area contributed by atoms with E-state index in [1.54, 1.807) is 0 Å². The third kappa shape index (κ3) is 5.38. The standard InChI is InChI=1S/C14H19NO4/c16-14(15-8-13-10-17-6-7-19-13)11-18-9-12-4-2-1-3-5-12/h1-5,13H,6-11H2,(H,15,16)/t13-/m0/s1. The second-order valence-electron chi connectivity index (χ2n) is 4.35. The Labute approximate surface area is 112 Å². The van der Waals surface area contributed by atoms with Gasteiger partial charge in [-0.15, -0.1) is 0 Å². The van der Waals surface area contributed by atoms with Crippen molar-refractivity contribution in [2.45, 2.75) is 12.7 Å². The summed E-state index contributed by atoms with van der Waals surface area (Å²) in [4.78, 5) is 11.5. The van der Waals surface area contributed by atoms with Crippen molar-refractivity contribution >= 4 is 5.91 Å². The molecule has 2 rings (SSSR count). The Balaban J connectivity index is 1.57. The van der Waals surface area contributed by atoms with E-state index in [1.807, 2.05) is 30.3 Å². The fraction of sp³-hybridized carbons (Fsp3) is 0.500. The summed E-state index contributed by atoms with van der Waals surface area (Å²) in [5, 5.41) is 2.77. The summed E-state index contributed by atoms with van der Waals surface area (Å²) >= 11 is 0. The van der Waals surface area contributed by atoms with Crippen LogP contribution < -0.4 is 5.32 Å². The first-order chi connectivity index (χ1) is 9.34. The molecule has 1 heterocycles. The topological polar surface area (TPSA) is 56.8 Å². The van der Waals surface area contributed by atoms with Gasteiger partial charge >= 0.3 is 0 Å². The Morgan fingerprint density at radius 1 is 1.32 bits per heavy atom. The molecule has 0 aromatic heterocycles. The van der Waals surface area contributed by atoms with Gasteiger partial charge in [-0.2, -0.15) is 0 Å². The van der Waals surface area contributed by atoms with Crippen LogP contribution in [0.2, 0.25) is 0 Å². The lowest BCUT2D eigenvalue weighted by atomic mass is 10.2. The van der Waals surface area contributed by atoms with Crippen molar-refractivity contribution in [2.24, 2.45) is 0 Å². The summed E-state index contributed by atoms with van der Waals surface area (Å²) in [6, 6.07) is 9.76. The van der Waals surface area contributed by atoms with Gasteiger partial charge in [-0.1, -0.05) is 30.3 Å². The second-order valence-corrected chi connectivity index (χ2v) is 4.35. The molecule has 5 heteroatoms. The van der Waals surface area contributed by atoms with Crippen LogP contribution in [-0.2, 0) is 25.6 Å². The smallest absolute Gasteiger partial charge is 0.246 e. The minimum absolute atomic E-state index is 0.0492. The maximum atomic E-state index is 11.5. The number of ether oxygens (including phenoxy) is 3. The van der Waals surface area contributed by atoms with Gasteiger partial charge in [-0.3, -0.25) is 4.79 Å². The molecule has 5 nitrogen and oxygen atoms in total. The molecule has 0 radical (unpaired) electrons. The van der Waals surface area contributed by atoms with Gasteiger partial charge in [-0.25, -0.2) is 0 Å². The number of benzene rings is 1. The van der Waals surface area contributed by atoms with Crippen molar-refractivity contribution in [3.63, 3.8) is 0 Å². The molecule has 1 N–H and O–H groups in total. The fourth-order valence-corrected chi connectivity index (χ4v) is 1.77. The van der Waals surface area contributed by atoms with Crippen LogP contribution in [0.4, 0.5) is 0 Å². The van der Waals surface area contributed by atoms with Gasteiger partial charge in [0.05, 0.1) is 32.5 Å². The molecule has 104 valence electrons. The van der Waals surface area contributed by atoms with Gasteiger partial charge in [0.2, 0.25) is 5.91 Å². The Morgan fingerprint density at radius 2 is 2.16 bits per heavy atom. The predicted octanol–water partition coefficient (Wildman–Crippen LogP) is 0.735. The minimum Gasteiger partial charge on any atom is -0.376 e. The van der Waals surface area contributed by atoms with E-state index < -0.39 is 0 Å². The van der Waals surface area contributed by atoms with Gasteiger partial charge in [0.25, 0.3) is 0 Å². The van der Waals surface area contributed by atoms with Crippen molar-refractivity contribution in [1.29, 1.82) is 0 Å². The molecule has 1 fully saturated rings. The molecule has 0 bridgehead atoms. The summed E-state index contributed by atoms with van der Waals surface area (Å²) in [7, 11) is 0. The maximum absolute atomic E-state index is 11.5. The first-order valence-electron chi connectivity index (χ1n) is 6.42. The number of nitrogens with one attached hydrogen (secondary N) is 1. The number of amides is 1. The van der Waals surface area contributed by atoms with Crippen molar-refractivity contribution in [3.8, 4) is 0 Å². The van der Waals surface area contributed by atoms with Crippen LogP contribution in [0.3, 0.4) is 0 Å². The number of rotatable bonds is 6. The average molecular weight is 265 g/mol. The Kier molecular flexibility index (Phi) is 5.81. The van der Waals surface area contributed by atoms with E-state index in [0.717, 1.165) is 5.56 Å². The van der Waals surface area contributed by atoms with E-state index >= 15 is 0 Å². The molecule has 1 amide bonds. The molecule has 1 aliphatic heterocycles. The highest BCUT2D eigenvalue weighted by atomic mass is 16.6. The minimum atomic E-state index is -0.134. The summed E-state index contributed by atoms with van der Waals surface area (Å²) in [5.41, 5.74) is 1.05. The Bertz CT molecular complexity index is 376. The quantitative estimate of drug-likeness (QED) is 0.824. The zero-order valence-corrected chi connectivity index (χ0v) is 10.8. The predicted molar refractivity (Wildman–Crippen MR) is 69.7 cm³/mol. The number of carbonyl (C=O) groups excluding carboxylic acids is 1. The Hall–Kier alpha value is -1.43. The van der Waals surface area contributed by atoms with Crippen LogP contribution in [0.25, 0.3) is 0 Å². The third-order valence-electron chi connectivity index (χ3n) is 2.76. The largest absolute Gasteiger partial charge is 0.376 e. The van der Waals surface area contributed by atoms with E-state index in [4.69, 9.17) is 14.2 Å². The summed E-state index contributed by atoms with van der Waals surface area (Å²) in [6.07, 6.45) is -0.0492. The molecule has 0 saturated carbocycles. The van der Waals surface area contributed by atoms with E-state index in [1.165, 1.54) is 0 Å². The summed E-state index contributed by atoms with van der Waals surface area (Å²) in [6.45, 7) is 2.72. The van der Waals surface area contributed by atoms with Gasteiger partial charge < -0.3 is 19.5 Å². The maximum Gasteiger partial charge on any atom is 0.246 e. The molecule has 1 atom stereocenters. The van der Waals surface area contributed by atoms with Gasteiger partial charge in [-0.05, 0) is 5.56 Å². The van der Waals surface area contributed by atoms with Crippen molar-refractivity contribution in [2.75, 3.05) is 33.0 Å². The summed E-state index contributed by atoms with van der Waals surface area (Å²) in [5.74, 6) is -0.134. The van der Waals surface area contributed by atoms with Gasteiger partial charge in [0, 0.05) is 6.54 Å². The first kappa shape index (κ1) is 14.0. The van der Waals surface area contributed by atoms with Crippen LogP contribution in [-0.4, -0.2) is 45.0 Å². The molecule has 1 saturated heterocycles. The van der Waals surface area contributed by atoms with E-state index in [0.29, 0.717) is 33.0 Å². The van der Waals surface area contributed by atoms with Crippen molar-refractivity contribution < 1.29 is 19.0 Å². The van der Waals surface area contributed by atoms with Crippen LogP contribution in [0.15, 0.2) is 30.3 Å². The molecule has 1 aliphatic rings. The number of carbonyl (C=O) groups is 1. The first-order valence-corrected chi connectivity index (χ1v) is 6.42. The highest BCUT2D eigenvalue weighted by Crippen LogP contribution is 2.01. The van der Waals surface area contributed by atoms with E-state index in [2.05, 4.69) is 5.32 Å². The third-order valence-corrected chi connectivity index (χ3v) is 2.76. The fourth-order valence-electron chi connectivity index (χ4n) is 1.77. The lowest BCUT2D eigenvalue weighted by molar-refractivity contribution is -0.128. The van der Waals surface area contributed by atoms with Crippen LogP contribution >= 0.6 is 0 Å². The van der Waals surface area contributed by atoms with Crippen molar-refractivity contribution in [3.05, 3.63) is 35.9 Å². The lowest BCUT2D eigenvalue weighted by Gasteiger charge is -2.23. The highest BCUT2D eigenvalue weighted by molar-refractivity contribution is 5.77. The average Bonchev–Trinajstić information content (AvgIpc) is 2.47. The second kappa shape index (κ2) is 7.89. The van der Waals surface area contributed by atoms with E-state index in [9.17, 15) is 4.79 Å². The van der Waals surface area contributed by atoms with Gasteiger partial charge in [0.15, 0.2) is 0 Å². The number of hydrogen-bond acceptors (Lipinski definition) is 4. The molecular formula is C14H19NO4. The molecule has 0 spiro atoms. The molecule has 1 aromatic rings. The van der Waals surface area contributed by atoms with Crippen LogP contribution in [0.1, 0.15) is 5.56 Å². The SMILES string of the molecule is O=C(COCc1ccccc1)NC[C@H]1COCCO1. The molecule has 0 aliphatic carbocycles. The van der Waals surface area contributed by atoms with E-state index in [-0.39, 0.29) is 18.6 Å². The van der Waals surface area contributed by atoms with Crippen LogP contribution in [0, 0.1) is 0 Å². The van der Waals surface area contributed by atoms with Crippen LogP contribution in [0.5, 0.6) is 0 Å². The number of hydrogen-bond donors (Lipinski definition) is 1. The zero-order chi connectivity index (χ0) is 13.3. The Morgan fingerprint density at radius 3 is 2.89 bits per heavy atom. The normalized spacial score (nSPS) is 19.1. The molecule has 0 unspecified atom stereocenters. The monoisotopic (exact) mass is 265 g/mol. The highest BCUT2D eigenvalue weighted by Gasteiger charge is 2.14. The zero-order valence-electron chi connectivity index (χ0n) is 10.8.